The van der Waals surface area contributed by atoms with Crippen molar-refractivity contribution in [2.24, 2.45) is 5.73 Å². The lowest BCUT2D eigenvalue weighted by Gasteiger charge is -2.17. The lowest BCUT2D eigenvalue weighted by Crippen LogP contribution is -2.20. The van der Waals surface area contributed by atoms with E-state index in [-0.39, 0.29) is 11.3 Å². The summed E-state index contributed by atoms with van der Waals surface area (Å²) in [5.74, 6) is -2.55. The number of hydrogen-bond donors (Lipinski definition) is 2. The number of halogens is 7. The second-order valence-electron chi connectivity index (χ2n) is 4.27. The first kappa shape index (κ1) is 18.0. The van der Waals surface area contributed by atoms with Crippen LogP contribution in [0.5, 0.6) is 5.75 Å². The van der Waals surface area contributed by atoms with Crippen molar-refractivity contribution in [3.05, 3.63) is 27.9 Å². The molecule has 2 rings (SSSR count). The Labute approximate surface area is 137 Å². The average Bonchev–Trinajstić information content (AvgIpc) is 2.87. The molecule has 0 spiro atoms. The third-order valence-corrected chi connectivity index (χ3v) is 3.21. The zero-order valence-corrected chi connectivity index (χ0v) is 12.7. The van der Waals surface area contributed by atoms with Crippen LogP contribution in [0.1, 0.15) is 16.1 Å². The SMILES string of the molecule is NC(=O)c1n[nH]nc1-c1cc(Br)c(OC(F)(F)F)c(C(F)(F)F)c1. The van der Waals surface area contributed by atoms with Crippen LogP contribution >= 0.6 is 15.9 Å². The number of ether oxygens (including phenoxy) is 1. The Morgan fingerprint density at radius 2 is 1.79 bits per heavy atom. The topological polar surface area (TPSA) is 93.9 Å². The number of carbonyl (C=O) groups is 1. The van der Waals surface area contributed by atoms with Crippen LogP contribution in [0.2, 0.25) is 0 Å². The maximum Gasteiger partial charge on any atom is 0.573 e. The van der Waals surface area contributed by atoms with Gasteiger partial charge in [0.15, 0.2) is 11.4 Å². The van der Waals surface area contributed by atoms with Crippen LogP contribution in [0.25, 0.3) is 11.3 Å². The predicted octanol–water partition coefficient (Wildman–Crippen LogP) is 3.25. The van der Waals surface area contributed by atoms with E-state index in [1.165, 1.54) is 0 Å². The van der Waals surface area contributed by atoms with Crippen LogP contribution in [0.4, 0.5) is 26.3 Å². The molecule has 3 N–H and O–H groups in total. The second-order valence-corrected chi connectivity index (χ2v) is 5.12. The number of aromatic nitrogens is 3. The minimum absolute atomic E-state index is 0.341. The molecule has 2 aromatic rings. The van der Waals surface area contributed by atoms with E-state index in [1.54, 1.807) is 0 Å². The highest BCUT2D eigenvalue weighted by Gasteiger charge is 2.41. The molecule has 0 unspecified atom stereocenters. The normalized spacial score (nSPS) is 12.3. The van der Waals surface area contributed by atoms with Crippen LogP contribution in [-0.4, -0.2) is 27.7 Å². The van der Waals surface area contributed by atoms with E-state index in [2.05, 4.69) is 30.9 Å². The molecule has 13 heteroatoms. The Hall–Kier alpha value is -2.31. The molecule has 0 atom stereocenters. The van der Waals surface area contributed by atoms with E-state index in [9.17, 15) is 31.1 Å². The zero-order valence-electron chi connectivity index (χ0n) is 11.1. The van der Waals surface area contributed by atoms with Crippen LogP contribution in [0.3, 0.4) is 0 Å². The summed E-state index contributed by atoms with van der Waals surface area (Å²) in [6.45, 7) is 0. The molecule has 0 saturated heterocycles. The van der Waals surface area contributed by atoms with Gasteiger partial charge in [-0.25, -0.2) is 0 Å². The minimum Gasteiger partial charge on any atom is -0.404 e. The quantitative estimate of drug-likeness (QED) is 0.748. The van der Waals surface area contributed by atoms with E-state index in [1.807, 2.05) is 5.21 Å². The number of H-pyrrole nitrogens is 1. The standard InChI is InChI=1S/C11H5BrF6N4O2/c12-5-2-3(6-7(9(19)23)21-22-20-6)1-4(10(13,14)15)8(5)24-11(16,17)18/h1-2H,(H2,19,23)(H,20,21,22). The van der Waals surface area contributed by atoms with E-state index < -0.39 is 39.9 Å². The van der Waals surface area contributed by atoms with Crippen molar-refractivity contribution in [1.82, 2.24) is 15.4 Å². The Morgan fingerprint density at radius 1 is 1.17 bits per heavy atom. The first-order chi connectivity index (χ1) is 10.9. The fraction of sp³-hybridized carbons (Fsp3) is 0.182. The van der Waals surface area contributed by atoms with Crippen molar-refractivity contribution in [2.45, 2.75) is 12.5 Å². The fourth-order valence-electron chi connectivity index (χ4n) is 1.76. The minimum atomic E-state index is -5.34. The first-order valence-electron chi connectivity index (χ1n) is 5.77. The number of amides is 1. The second kappa shape index (κ2) is 5.96. The van der Waals surface area contributed by atoms with Gasteiger partial charge in [-0.2, -0.15) is 28.6 Å². The molecule has 1 aromatic carbocycles. The van der Waals surface area contributed by atoms with Crippen molar-refractivity contribution >= 4 is 21.8 Å². The maximum absolute atomic E-state index is 13.1. The summed E-state index contributed by atoms with van der Waals surface area (Å²) in [7, 11) is 0. The number of nitrogens with one attached hydrogen (secondary N) is 1. The molecule has 0 aliphatic carbocycles. The maximum atomic E-state index is 13.1. The van der Waals surface area contributed by atoms with Crippen molar-refractivity contribution in [3.8, 4) is 17.0 Å². The number of hydrogen-bond acceptors (Lipinski definition) is 4. The van der Waals surface area contributed by atoms with E-state index in [0.29, 0.717) is 6.07 Å². The molecule has 1 aromatic heterocycles. The highest BCUT2D eigenvalue weighted by Crippen LogP contribution is 2.44. The van der Waals surface area contributed by atoms with Crippen molar-refractivity contribution < 1.29 is 35.9 Å². The molecule has 6 nitrogen and oxygen atoms in total. The molecule has 0 saturated carbocycles. The van der Waals surface area contributed by atoms with Gasteiger partial charge in [0.2, 0.25) is 0 Å². The molecular formula is C11H5BrF6N4O2. The first-order valence-corrected chi connectivity index (χ1v) is 6.57. The summed E-state index contributed by atoms with van der Waals surface area (Å²) in [5, 5.41) is 8.87. The number of nitrogens with zero attached hydrogens (tertiary/aromatic N) is 2. The third kappa shape index (κ3) is 3.77. The van der Waals surface area contributed by atoms with Crippen LogP contribution in [-0.2, 0) is 6.18 Å². The van der Waals surface area contributed by atoms with Crippen molar-refractivity contribution in [1.29, 1.82) is 0 Å². The van der Waals surface area contributed by atoms with Gasteiger partial charge in [-0.05, 0) is 28.1 Å². The fourth-order valence-corrected chi connectivity index (χ4v) is 2.31. The van der Waals surface area contributed by atoms with Crippen LogP contribution in [0, 0.1) is 0 Å². The number of alkyl halides is 6. The number of rotatable bonds is 3. The van der Waals surface area contributed by atoms with Gasteiger partial charge in [0.05, 0.1) is 10.0 Å². The van der Waals surface area contributed by atoms with Gasteiger partial charge in [0, 0.05) is 5.56 Å². The average molecular weight is 419 g/mol. The highest BCUT2D eigenvalue weighted by molar-refractivity contribution is 9.10. The third-order valence-electron chi connectivity index (χ3n) is 2.62. The molecule has 0 radical (unpaired) electrons. The molecule has 1 heterocycles. The van der Waals surface area contributed by atoms with E-state index in [4.69, 9.17) is 5.73 Å². The zero-order chi connectivity index (χ0) is 18.3. The van der Waals surface area contributed by atoms with Gasteiger partial charge >= 0.3 is 12.5 Å². The molecule has 24 heavy (non-hydrogen) atoms. The van der Waals surface area contributed by atoms with Crippen molar-refractivity contribution in [3.63, 3.8) is 0 Å². The molecule has 0 aliphatic heterocycles. The summed E-state index contributed by atoms with van der Waals surface area (Å²) in [6.07, 6.45) is -10.5. The van der Waals surface area contributed by atoms with E-state index in [0.717, 1.165) is 6.07 Å². The lowest BCUT2D eigenvalue weighted by atomic mass is 10.0. The van der Waals surface area contributed by atoms with Gasteiger partial charge in [0.1, 0.15) is 5.69 Å². The van der Waals surface area contributed by atoms with Gasteiger partial charge in [-0.3, -0.25) is 4.79 Å². The summed E-state index contributed by atoms with van der Waals surface area (Å²) in [5.41, 5.74) is 2.11. The number of benzene rings is 1. The van der Waals surface area contributed by atoms with Crippen LogP contribution in [0.15, 0.2) is 16.6 Å². The monoisotopic (exact) mass is 418 g/mol. The predicted molar refractivity (Wildman–Crippen MR) is 69.7 cm³/mol. The number of primary amides is 1. The summed E-state index contributed by atoms with van der Waals surface area (Å²) < 4.78 is 79.0. The molecule has 0 bridgehead atoms. The molecule has 130 valence electrons. The number of carbonyl (C=O) groups excluding carboxylic acids is 1. The van der Waals surface area contributed by atoms with E-state index >= 15 is 0 Å². The molecular weight excluding hydrogens is 414 g/mol. The smallest absolute Gasteiger partial charge is 0.404 e. The molecule has 0 fully saturated rings. The van der Waals surface area contributed by atoms with Gasteiger partial charge < -0.3 is 10.5 Å². The largest absolute Gasteiger partial charge is 0.573 e. The Balaban J connectivity index is 2.68. The lowest BCUT2D eigenvalue weighted by molar-refractivity contribution is -0.276. The molecule has 1 amide bonds. The van der Waals surface area contributed by atoms with Crippen LogP contribution < -0.4 is 10.5 Å². The molecule has 0 aliphatic rings. The Morgan fingerprint density at radius 3 is 2.29 bits per heavy atom. The van der Waals surface area contributed by atoms with Gasteiger partial charge in [-0.1, -0.05) is 0 Å². The van der Waals surface area contributed by atoms with Gasteiger partial charge in [-0.15, -0.1) is 13.2 Å². The van der Waals surface area contributed by atoms with Gasteiger partial charge in [0.25, 0.3) is 5.91 Å². The number of aromatic amines is 1. The van der Waals surface area contributed by atoms with Crippen molar-refractivity contribution in [2.75, 3.05) is 0 Å². The highest BCUT2D eigenvalue weighted by atomic mass is 79.9. The Kier molecular flexibility index (Phi) is 4.48. The summed E-state index contributed by atoms with van der Waals surface area (Å²) >= 11 is 2.59. The summed E-state index contributed by atoms with van der Waals surface area (Å²) in [4.78, 5) is 11.2. The summed E-state index contributed by atoms with van der Waals surface area (Å²) in [6, 6.07) is 1.21. The Bertz CT molecular complexity index is 786. The number of nitrogens with two attached hydrogens (primary N) is 1.